The van der Waals surface area contributed by atoms with Crippen molar-refractivity contribution in [3.8, 4) is 5.75 Å². The van der Waals surface area contributed by atoms with Crippen molar-refractivity contribution in [3.63, 3.8) is 0 Å². The third-order valence-corrected chi connectivity index (χ3v) is 5.50. The normalized spacial score (nSPS) is 13.5. The van der Waals surface area contributed by atoms with Gasteiger partial charge in [-0.25, -0.2) is 14.1 Å². The molecule has 1 heterocycles. The number of rotatable bonds is 5. The Morgan fingerprint density at radius 1 is 0.879 bits per heavy atom. The lowest BCUT2D eigenvalue weighted by Crippen LogP contribution is -2.32. The highest BCUT2D eigenvalue weighted by Crippen LogP contribution is 2.32. The highest BCUT2D eigenvalue weighted by molar-refractivity contribution is 6.53. The van der Waals surface area contributed by atoms with E-state index in [0.717, 1.165) is 17.0 Å². The van der Waals surface area contributed by atoms with E-state index in [1.807, 2.05) is 0 Å². The van der Waals surface area contributed by atoms with Crippen molar-refractivity contribution in [2.24, 2.45) is 0 Å². The van der Waals surface area contributed by atoms with Gasteiger partial charge in [-0.2, -0.15) is 0 Å². The van der Waals surface area contributed by atoms with Crippen LogP contribution in [0.25, 0.3) is 0 Å². The van der Waals surface area contributed by atoms with Crippen molar-refractivity contribution in [1.29, 1.82) is 0 Å². The Labute approximate surface area is 202 Å². The van der Waals surface area contributed by atoms with E-state index in [4.69, 9.17) is 39.5 Å². The Hall–Kier alpha value is -3.39. The predicted octanol–water partition coefficient (Wildman–Crippen LogP) is 5.79. The molecular weight excluding hydrogens is 494 g/mol. The maximum atomic E-state index is 13.4. The molecule has 0 aromatic heterocycles. The van der Waals surface area contributed by atoms with Crippen LogP contribution >= 0.6 is 34.8 Å². The van der Waals surface area contributed by atoms with Crippen molar-refractivity contribution in [1.82, 2.24) is 0 Å². The topological polar surface area (TPSA) is 75.7 Å². The van der Waals surface area contributed by atoms with E-state index in [9.17, 15) is 18.8 Å². The number of hydrogen-bond donors (Lipinski definition) is 1. The minimum Gasteiger partial charge on any atom is -0.423 e. The summed E-state index contributed by atoms with van der Waals surface area (Å²) < 4.78 is 18.7. The summed E-state index contributed by atoms with van der Waals surface area (Å²) in [5.74, 6) is -2.47. The molecule has 0 unspecified atom stereocenters. The number of carbonyl (C=O) groups is 3. The average molecular weight is 506 g/mol. The number of benzene rings is 3. The zero-order chi connectivity index (χ0) is 23.7. The van der Waals surface area contributed by atoms with Crippen LogP contribution in [0.15, 0.2) is 77.5 Å². The number of carbonyl (C=O) groups excluding carboxylic acids is 3. The van der Waals surface area contributed by atoms with E-state index in [-0.39, 0.29) is 27.0 Å². The summed E-state index contributed by atoms with van der Waals surface area (Å²) in [6.07, 6.45) is 0. The van der Waals surface area contributed by atoms with Crippen LogP contribution in [0.5, 0.6) is 5.75 Å². The quantitative estimate of drug-likeness (QED) is 0.270. The monoisotopic (exact) mass is 504 g/mol. The SMILES string of the molecule is O=C(Oc1ccc(Cl)cc1)c1ccc(NC2=C(Cl)C(=O)N(c3ccc(F)c(Cl)c3)C2=O)cc1. The summed E-state index contributed by atoms with van der Waals surface area (Å²) in [7, 11) is 0. The Kier molecular flexibility index (Phi) is 6.37. The maximum Gasteiger partial charge on any atom is 0.343 e. The summed E-state index contributed by atoms with van der Waals surface area (Å²) in [5, 5.41) is 2.71. The van der Waals surface area contributed by atoms with Gasteiger partial charge in [0, 0.05) is 10.7 Å². The van der Waals surface area contributed by atoms with Crippen LogP contribution in [0.4, 0.5) is 15.8 Å². The number of esters is 1. The molecule has 0 saturated heterocycles. The minimum absolute atomic E-state index is 0.0756. The lowest BCUT2D eigenvalue weighted by atomic mass is 10.2. The molecule has 10 heteroatoms. The lowest BCUT2D eigenvalue weighted by Gasteiger charge is -2.15. The maximum absolute atomic E-state index is 13.4. The fourth-order valence-corrected chi connectivity index (χ4v) is 3.49. The molecular formula is C23H12Cl3FN2O4. The first-order valence-electron chi connectivity index (χ1n) is 9.33. The van der Waals surface area contributed by atoms with Crippen LogP contribution in [-0.4, -0.2) is 17.8 Å². The third-order valence-electron chi connectivity index (χ3n) is 4.60. The van der Waals surface area contributed by atoms with Crippen molar-refractivity contribution in [2.75, 3.05) is 10.2 Å². The third kappa shape index (κ3) is 4.71. The first-order chi connectivity index (χ1) is 15.7. The van der Waals surface area contributed by atoms with E-state index in [1.54, 1.807) is 24.3 Å². The highest BCUT2D eigenvalue weighted by atomic mass is 35.5. The van der Waals surface area contributed by atoms with E-state index in [1.165, 1.54) is 30.3 Å². The van der Waals surface area contributed by atoms with Crippen molar-refractivity contribution < 1.29 is 23.5 Å². The lowest BCUT2D eigenvalue weighted by molar-refractivity contribution is -0.120. The molecule has 0 spiro atoms. The van der Waals surface area contributed by atoms with Crippen LogP contribution in [0, 0.1) is 5.82 Å². The number of amides is 2. The molecule has 0 saturated carbocycles. The van der Waals surface area contributed by atoms with E-state index in [2.05, 4.69) is 5.32 Å². The minimum atomic E-state index is -0.782. The van der Waals surface area contributed by atoms with Crippen LogP contribution in [-0.2, 0) is 9.59 Å². The number of halogens is 4. The number of nitrogens with zero attached hydrogens (tertiary/aromatic N) is 1. The molecule has 0 atom stereocenters. The fraction of sp³-hybridized carbons (Fsp3) is 0. The van der Waals surface area contributed by atoms with Crippen LogP contribution in [0.2, 0.25) is 10.0 Å². The molecule has 0 fully saturated rings. The van der Waals surface area contributed by atoms with Gasteiger partial charge in [-0.15, -0.1) is 0 Å². The predicted molar refractivity (Wildman–Crippen MR) is 123 cm³/mol. The van der Waals surface area contributed by atoms with Gasteiger partial charge in [0.1, 0.15) is 22.3 Å². The second-order valence-corrected chi connectivity index (χ2v) is 8.00. The molecule has 166 valence electrons. The van der Waals surface area contributed by atoms with Gasteiger partial charge in [0.25, 0.3) is 11.8 Å². The van der Waals surface area contributed by atoms with Crippen LogP contribution in [0.1, 0.15) is 10.4 Å². The molecule has 6 nitrogen and oxygen atoms in total. The van der Waals surface area contributed by atoms with Crippen molar-refractivity contribution in [2.45, 2.75) is 0 Å². The molecule has 1 N–H and O–H groups in total. The molecule has 0 radical (unpaired) electrons. The summed E-state index contributed by atoms with van der Waals surface area (Å²) >= 11 is 17.7. The van der Waals surface area contributed by atoms with Gasteiger partial charge in [-0.3, -0.25) is 9.59 Å². The summed E-state index contributed by atoms with van der Waals surface area (Å²) in [6.45, 7) is 0. The van der Waals surface area contributed by atoms with Crippen LogP contribution < -0.4 is 15.0 Å². The zero-order valence-corrected chi connectivity index (χ0v) is 18.7. The Balaban J connectivity index is 1.48. The standard InChI is InChI=1S/C23H12Cl3FN2O4/c24-13-3-8-16(9-4-13)33-23(32)12-1-5-14(6-2-12)28-20-19(26)21(30)29(22(20)31)15-7-10-18(27)17(25)11-15/h1-11,28H. The molecule has 1 aliphatic rings. The highest BCUT2D eigenvalue weighted by Gasteiger charge is 2.39. The van der Waals surface area contributed by atoms with Gasteiger partial charge in [-0.05, 0) is 66.7 Å². The molecule has 1 aliphatic heterocycles. The first-order valence-corrected chi connectivity index (χ1v) is 10.5. The van der Waals surface area contributed by atoms with Gasteiger partial charge in [0.2, 0.25) is 0 Å². The summed E-state index contributed by atoms with van der Waals surface area (Å²) in [5.41, 5.74) is 0.559. The molecule has 0 aliphatic carbocycles. The first kappa shape index (κ1) is 22.8. The molecule has 4 rings (SSSR count). The second-order valence-electron chi connectivity index (χ2n) is 6.78. The number of hydrogen-bond acceptors (Lipinski definition) is 5. The smallest absolute Gasteiger partial charge is 0.343 e. The van der Waals surface area contributed by atoms with Gasteiger partial charge < -0.3 is 10.1 Å². The molecule has 33 heavy (non-hydrogen) atoms. The summed E-state index contributed by atoms with van der Waals surface area (Å²) in [6, 6.07) is 15.7. The fourth-order valence-electron chi connectivity index (χ4n) is 2.97. The number of nitrogens with one attached hydrogen (secondary N) is 1. The number of imide groups is 1. The number of anilines is 2. The van der Waals surface area contributed by atoms with E-state index < -0.39 is 23.6 Å². The van der Waals surface area contributed by atoms with Crippen LogP contribution in [0.3, 0.4) is 0 Å². The van der Waals surface area contributed by atoms with Gasteiger partial charge in [0.15, 0.2) is 0 Å². The Bertz CT molecular complexity index is 1310. The van der Waals surface area contributed by atoms with Crippen molar-refractivity contribution in [3.05, 3.63) is 98.9 Å². The van der Waals surface area contributed by atoms with E-state index in [0.29, 0.717) is 16.5 Å². The van der Waals surface area contributed by atoms with Gasteiger partial charge >= 0.3 is 5.97 Å². The molecule has 3 aromatic rings. The van der Waals surface area contributed by atoms with Gasteiger partial charge in [-0.1, -0.05) is 34.8 Å². The summed E-state index contributed by atoms with van der Waals surface area (Å²) in [4.78, 5) is 38.4. The second kappa shape index (κ2) is 9.23. The largest absolute Gasteiger partial charge is 0.423 e. The Morgan fingerprint density at radius 3 is 2.18 bits per heavy atom. The average Bonchev–Trinajstić information content (AvgIpc) is 3.01. The van der Waals surface area contributed by atoms with Gasteiger partial charge in [0.05, 0.1) is 16.3 Å². The van der Waals surface area contributed by atoms with Crippen molar-refractivity contribution >= 4 is 64.0 Å². The molecule has 2 amide bonds. The molecule has 3 aromatic carbocycles. The zero-order valence-electron chi connectivity index (χ0n) is 16.4. The molecule has 0 bridgehead atoms. The van der Waals surface area contributed by atoms with E-state index >= 15 is 0 Å². The number of ether oxygens (including phenoxy) is 1. The Morgan fingerprint density at radius 2 is 1.55 bits per heavy atom.